The number of hydrogen-bond acceptors (Lipinski definition) is 6. The summed E-state index contributed by atoms with van der Waals surface area (Å²) in [5.74, 6) is 1.37. The second-order valence-electron chi connectivity index (χ2n) is 7.64. The van der Waals surface area contributed by atoms with Gasteiger partial charge in [0, 0.05) is 37.1 Å². The predicted molar refractivity (Wildman–Crippen MR) is 113 cm³/mol. The second kappa shape index (κ2) is 8.73. The summed E-state index contributed by atoms with van der Waals surface area (Å²) in [7, 11) is 0. The highest BCUT2D eigenvalue weighted by molar-refractivity contribution is 5.96. The van der Waals surface area contributed by atoms with Crippen LogP contribution >= 0.6 is 0 Å². The summed E-state index contributed by atoms with van der Waals surface area (Å²) in [4.78, 5) is 29.1. The molecule has 0 saturated carbocycles. The van der Waals surface area contributed by atoms with Crippen molar-refractivity contribution >= 4 is 5.91 Å². The van der Waals surface area contributed by atoms with E-state index in [-0.39, 0.29) is 11.9 Å². The monoisotopic (exact) mass is 405 g/mol. The summed E-state index contributed by atoms with van der Waals surface area (Å²) >= 11 is 0. The van der Waals surface area contributed by atoms with Gasteiger partial charge in [0.2, 0.25) is 0 Å². The molecule has 4 heterocycles. The van der Waals surface area contributed by atoms with Crippen LogP contribution in [-0.4, -0.2) is 37.5 Å². The Labute approximate surface area is 176 Å². The van der Waals surface area contributed by atoms with E-state index < -0.39 is 0 Å². The minimum absolute atomic E-state index is 0.0237. The Bertz CT molecular complexity index is 1030. The Hall–Kier alpha value is -3.09. The quantitative estimate of drug-likeness (QED) is 0.607. The highest BCUT2D eigenvalue weighted by Gasteiger charge is 2.36. The largest absolute Gasteiger partial charge is 0.361 e. The molecule has 7 nitrogen and oxygen atoms in total. The summed E-state index contributed by atoms with van der Waals surface area (Å²) in [5.41, 5.74) is 4.19. The zero-order chi connectivity index (χ0) is 21.1. The summed E-state index contributed by atoms with van der Waals surface area (Å²) in [5, 5.41) is 4.07. The normalized spacial score (nSPS) is 16.2. The van der Waals surface area contributed by atoms with E-state index in [1.54, 1.807) is 19.3 Å². The van der Waals surface area contributed by atoms with E-state index in [1.165, 1.54) is 0 Å². The van der Waals surface area contributed by atoms with E-state index >= 15 is 0 Å². The molecule has 156 valence electrons. The summed E-state index contributed by atoms with van der Waals surface area (Å²) < 4.78 is 5.32. The highest BCUT2D eigenvalue weighted by Crippen LogP contribution is 2.37. The van der Waals surface area contributed by atoms with E-state index in [0.29, 0.717) is 30.0 Å². The molecule has 0 unspecified atom stereocenters. The lowest BCUT2D eigenvalue weighted by molar-refractivity contribution is 0.0730. The zero-order valence-corrected chi connectivity index (χ0v) is 17.8. The molecule has 3 aromatic heterocycles. The predicted octanol–water partition coefficient (Wildman–Crippen LogP) is 4.33. The van der Waals surface area contributed by atoms with Crippen molar-refractivity contribution < 1.29 is 9.32 Å². The molecular weight excluding hydrogens is 378 g/mol. The van der Waals surface area contributed by atoms with Gasteiger partial charge in [0.15, 0.2) is 0 Å². The Kier molecular flexibility index (Phi) is 5.88. The van der Waals surface area contributed by atoms with Crippen LogP contribution in [0, 0.1) is 6.92 Å². The maximum absolute atomic E-state index is 13.5. The maximum Gasteiger partial charge on any atom is 0.259 e. The minimum atomic E-state index is -0.0988. The van der Waals surface area contributed by atoms with Crippen molar-refractivity contribution in [2.75, 3.05) is 6.54 Å². The Morgan fingerprint density at radius 1 is 1.27 bits per heavy atom. The van der Waals surface area contributed by atoms with E-state index in [9.17, 15) is 4.79 Å². The maximum atomic E-state index is 13.5. The van der Waals surface area contributed by atoms with Crippen molar-refractivity contribution in [3.05, 3.63) is 59.3 Å². The first-order chi connectivity index (χ1) is 14.6. The molecule has 1 aliphatic heterocycles. The van der Waals surface area contributed by atoms with Crippen LogP contribution in [0.2, 0.25) is 0 Å². The summed E-state index contributed by atoms with van der Waals surface area (Å²) in [6.45, 7) is 6.60. The van der Waals surface area contributed by atoms with Crippen molar-refractivity contribution in [1.29, 1.82) is 0 Å². The van der Waals surface area contributed by atoms with Crippen LogP contribution in [0.5, 0.6) is 0 Å². The molecule has 0 N–H and O–H groups in total. The average Bonchev–Trinajstić information content (AvgIpc) is 3.41. The average molecular weight is 406 g/mol. The van der Waals surface area contributed by atoms with E-state index in [4.69, 9.17) is 9.51 Å². The lowest BCUT2D eigenvalue weighted by atomic mass is 9.99. The van der Waals surface area contributed by atoms with Gasteiger partial charge in [-0.2, -0.15) is 0 Å². The number of nitrogens with zero attached hydrogens (tertiary/aromatic N) is 5. The lowest BCUT2D eigenvalue weighted by Crippen LogP contribution is -2.32. The van der Waals surface area contributed by atoms with Gasteiger partial charge in [-0.15, -0.1) is 0 Å². The van der Waals surface area contributed by atoms with Gasteiger partial charge in [-0.3, -0.25) is 9.78 Å². The Morgan fingerprint density at radius 3 is 2.80 bits per heavy atom. The standard InChI is InChI=1S/C23H27N5O2/c1-4-7-20-25-14-17(16-9-11-24-12-10-16)22(26-20)19-8-6-13-28(19)23(29)21-15(3)30-27-18(21)5-2/h9-12,14,19H,4-8,13H2,1-3H3/t19-/m0/s1. The van der Waals surface area contributed by atoms with E-state index in [1.807, 2.05) is 30.2 Å². The minimum Gasteiger partial charge on any atom is -0.361 e. The molecule has 1 fully saturated rings. The molecule has 0 aromatic carbocycles. The van der Waals surface area contributed by atoms with Crippen LogP contribution in [0.1, 0.15) is 72.5 Å². The smallest absolute Gasteiger partial charge is 0.259 e. The molecule has 0 bridgehead atoms. The van der Waals surface area contributed by atoms with Gasteiger partial charge in [0.05, 0.1) is 17.4 Å². The number of carbonyl (C=O) groups is 1. The van der Waals surface area contributed by atoms with E-state index in [0.717, 1.165) is 48.3 Å². The fourth-order valence-corrected chi connectivity index (χ4v) is 4.16. The summed E-state index contributed by atoms with van der Waals surface area (Å²) in [6.07, 6.45) is 9.69. The van der Waals surface area contributed by atoms with Crippen LogP contribution in [0.15, 0.2) is 35.2 Å². The van der Waals surface area contributed by atoms with Crippen LogP contribution in [0.25, 0.3) is 11.1 Å². The number of aromatic nitrogens is 4. The molecule has 1 atom stereocenters. The zero-order valence-electron chi connectivity index (χ0n) is 17.8. The number of likely N-dealkylation sites (tertiary alicyclic amines) is 1. The number of rotatable bonds is 6. The molecule has 1 amide bonds. The molecule has 1 aliphatic rings. The van der Waals surface area contributed by atoms with Gasteiger partial charge >= 0.3 is 0 Å². The van der Waals surface area contributed by atoms with Gasteiger partial charge in [-0.05, 0) is 50.3 Å². The highest BCUT2D eigenvalue weighted by atomic mass is 16.5. The molecule has 4 rings (SSSR count). The fraction of sp³-hybridized carbons (Fsp3) is 0.435. The third-order valence-corrected chi connectivity index (χ3v) is 5.64. The van der Waals surface area contributed by atoms with Crippen LogP contribution < -0.4 is 0 Å². The molecule has 3 aromatic rings. The topological polar surface area (TPSA) is 85.0 Å². The van der Waals surface area contributed by atoms with Gasteiger partial charge in [0.1, 0.15) is 17.1 Å². The first-order valence-corrected chi connectivity index (χ1v) is 10.7. The van der Waals surface area contributed by atoms with Gasteiger partial charge in [0.25, 0.3) is 5.91 Å². The molecular formula is C23H27N5O2. The van der Waals surface area contributed by atoms with Gasteiger partial charge < -0.3 is 9.42 Å². The number of pyridine rings is 1. The van der Waals surface area contributed by atoms with Gasteiger partial charge in [-0.25, -0.2) is 9.97 Å². The lowest BCUT2D eigenvalue weighted by Gasteiger charge is -2.26. The number of amides is 1. The van der Waals surface area contributed by atoms with Crippen molar-refractivity contribution in [3.8, 4) is 11.1 Å². The molecule has 7 heteroatoms. The Morgan fingerprint density at radius 2 is 2.07 bits per heavy atom. The van der Waals surface area contributed by atoms with Crippen LogP contribution in [-0.2, 0) is 12.8 Å². The third kappa shape index (κ3) is 3.72. The molecule has 0 spiro atoms. The molecule has 0 radical (unpaired) electrons. The summed E-state index contributed by atoms with van der Waals surface area (Å²) in [6, 6.07) is 3.82. The molecule has 30 heavy (non-hydrogen) atoms. The SMILES string of the molecule is CCCc1ncc(-c2ccncc2)c([C@@H]2CCCN2C(=O)c2c(CC)noc2C)n1. The van der Waals surface area contributed by atoms with Crippen LogP contribution in [0.3, 0.4) is 0 Å². The first kappa shape index (κ1) is 20.2. The number of hydrogen-bond donors (Lipinski definition) is 0. The van der Waals surface area contributed by atoms with Crippen molar-refractivity contribution in [2.24, 2.45) is 0 Å². The Balaban J connectivity index is 1.77. The molecule has 0 aliphatic carbocycles. The number of carbonyl (C=O) groups excluding carboxylic acids is 1. The second-order valence-corrected chi connectivity index (χ2v) is 7.64. The van der Waals surface area contributed by atoms with Crippen LogP contribution in [0.4, 0.5) is 0 Å². The number of aryl methyl sites for hydroxylation is 3. The van der Waals surface area contributed by atoms with Gasteiger partial charge in [-0.1, -0.05) is 19.0 Å². The van der Waals surface area contributed by atoms with Crippen molar-refractivity contribution in [1.82, 2.24) is 25.0 Å². The molecule has 1 saturated heterocycles. The third-order valence-electron chi connectivity index (χ3n) is 5.64. The van der Waals surface area contributed by atoms with Crippen molar-refractivity contribution in [3.63, 3.8) is 0 Å². The first-order valence-electron chi connectivity index (χ1n) is 10.7. The fourth-order valence-electron chi connectivity index (χ4n) is 4.16. The van der Waals surface area contributed by atoms with Crippen molar-refractivity contribution in [2.45, 2.75) is 58.9 Å². The van der Waals surface area contributed by atoms with E-state index in [2.05, 4.69) is 22.0 Å².